The van der Waals surface area contributed by atoms with Gasteiger partial charge in [0, 0.05) is 11.6 Å². The number of thiophene rings is 1. The van der Waals surface area contributed by atoms with E-state index in [1.807, 2.05) is 0 Å². The Bertz CT molecular complexity index is 1070. The summed E-state index contributed by atoms with van der Waals surface area (Å²) in [7, 11) is 1.28. The van der Waals surface area contributed by atoms with Crippen LogP contribution in [0.3, 0.4) is 0 Å². The summed E-state index contributed by atoms with van der Waals surface area (Å²) in [5, 5.41) is 27.1. The van der Waals surface area contributed by atoms with E-state index in [0.717, 1.165) is 10.7 Å². The number of aromatic nitrogens is 2. The molecule has 3 rings (SSSR count). The molecule has 0 saturated heterocycles. The number of aryl methyl sites for hydroxylation is 1. The zero-order valence-electron chi connectivity index (χ0n) is 13.2. The molecule has 0 unspecified atom stereocenters. The normalized spacial score (nSPS) is 11.3. The summed E-state index contributed by atoms with van der Waals surface area (Å²) in [5.41, 5.74) is -0.561. The molecule has 25 heavy (non-hydrogen) atoms. The van der Waals surface area contributed by atoms with Crippen molar-refractivity contribution in [3.8, 4) is 11.5 Å². The van der Waals surface area contributed by atoms with Crippen molar-refractivity contribution >= 4 is 33.5 Å². The standard InChI is InChI=1S/C15H12N4O5S/c1-8-17-14-10(3-4-25-14)15(21)18(8)16-7-9-5-11(19(22)23)13(20)12(6-9)24-2/h3-7,20H,1-2H3. The van der Waals surface area contributed by atoms with Crippen molar-refractivity contribution in [3.63, 3.8) is 0 Å². The summed E-state index contributed by atoms with van der Waals surface area (Å²) in [6, 6.07) is 4.18. The Kier molecular flexibility index (Phi) is 4.19. The van der Waals surface area contributed by atoms with Gasteiger partial charge < -0.3 is 9.84 Å². The van der Waals surface area contributed by atoms with Crippen molar-refractivity contribution in [2.75, 3.05) is 7.11 Å². The predicted octanol–water partition coefficient (Wildman–Crippen LogP) is 2.27. The van der Waals surface area contributed by atoms with Crippen LogP contribution in [0.2, 0.25) is 0 Å². The van der Waals surface area contributed by atoms with Crippen LogP contribution in [-0.2, 0) is 0 Å². The number of hydrogen-bond donors (Lipinski definition) is 1. The van der Waals surface area contributed by atoms with E-state index >= 15 is 0 Å². The summed E-state index contributed by atoms with van der Waals surface area (Å²) in [5.74, 6) is -0.248. The first-order chi connectivity index (χ1) is 11.9. The van der Waals surface area contributed by atoms with Gasteiger partial charge in [-0.05, 0) is 24.4 Å². The number of nitrogens with zero attached hydrogens (tertiary/aromatic N) is 4. The van der Waals surface area contributed by atoms with Gasteiger partial charge in [0.25, 0.3) is 5.56 Å². The lowest BCUT2D eigenvalue weighted by Gasteiger charge is -2.06. The lowest BCUT2D eigenvalue weighted by Crippen LogP contribution is -2.19. The molecule has 2 heterocycles. The van der Waals surface area contributed by atoms with Crippen LogP contribution >= 0.6 is 11.3 Å². The van der Waals surface area contributed by atoms with E-state index in [2.05, 4.69) is 10.1 Å². The summed E-state index contributed by atoms with van der Waals surface area (Å²) in [6.07, 6.45) is 1.27. The number of ether oxygens (including phenoxy) is 1. The quantitative estimate of drug-likeness (QED) is 0.433. The van der Waals surface area contributed by atoms with Gasteiger partial charge in [0.05, 0.1) is 23.6 Å². The number of fused-ring (bicyclic) bond motifs is 1. The molecule has 0 amide bonds. The molecule has 0 bridgehead atoms. The maximum absolute atomic E-state index is 12.4. The van der Waals surface area contributed by atoms with E-state index in [0.29, 0.717) is 16.0 Å². The Hall–Kier alpha value is -3.27. The van der Waals surface area contributed by atoms with Gasteiger partial charge in [-0.1, -0.05) is 0 Å². The van der Waals surface area contributed by atoms with Crippen molar-refractivity contribution < 1.29 is 14.8 Å². The van der Waals surface area contributed by atoms with E-state index in [9.17, 15) is 20.0 Å². The number of phenolic OH excluding ortho intramolecular Hbond substituents is 1. The van der Waals surface area contributed by atoms with Crippen molar-refractivity contribution in [2.45, 2.75) is 6.92 Å². The molecule has 10 heteroatoms. The molecular formula is C15H12N4O5S. The summed E-state index contributed by atoms with van der Waals surface area (Å²) >= 11 is 1.35. The van der Waals surface area contributed by atoms with E-state index in [1.54, 1.807) is 18.4 Å². The largest absolute Gasteiger partial charge is 0.500 e. The van der Waals surface area contributed by atoms with Crippen LogP contribution in [-0.4, -0.2) is 33.0 Å². The van der Waals surface area contributed by atoms with Gasteiger partial charge >= 0.3 is 5.69 Å². The Balaban J connectivity index is 2.10. The summed E-state index contributed by atoms with van der Waals surface area (Å²) in [6.45, 7) is 1.64. The Morgan fingerprint density at radius 2 is 2.24 bits per heavy atom. The molecule has 0 saturated carbocycles. The summed E-state index contributed by atoms with van der Waals surface area (Å²) < 4.78 is 6.04. The average Bonchev–Trinajstić information content (AvgIpc) is 3.03. The maximum Gasteiger partial charge on any atom is 0.315 e. The maximum atomic E-state index is 12.4. The van der Waals surface area contributed by atoms with E-state index in [-0.39, 0.29) is 16.9 Å². The first-order valence-corrected chi connectivity index (χ1v) is 7.87. The van der Waals surface area contributed by atoms with Gasteiger partial charge in [0.1, 0.15) is 10.7 Å². The molecule has 0 aliphatic heterocycles. The Morgan fingerprint density at radius 1 is 1.48 bits per heavy atom. The van der Waals surface area contributed by atoms with Crippen molar-refractivity contribution in [1.29, 1.82) is 0 Å². The number of phenols is 1. The van der Waals surface area contributed by atoms with Crippen LogP contribution in [0.1, 0.15) is 11.4 Å². The van der Waals surface area contributed by atoms with Crippen LogP contribution in [0.5, 0.6) is 11.5 Å². The Morgan fingerprint density at radius 3 is 2.92 bits per heavy atom. The van der Waals surface area contributed by atoms with Gasteiger partial charge in [0.15, 0.2) is 5.75 Å². The van der Waals surface area contributed by atoms with Gasteiger partial charge in [-0.3, -0.25) is 14.9 Å². The fourth-order valence-electron chi connectivity index (χ4n) is 2.25. The number of nitro groups is 1. The number of hydrogen-bond acceptors (Lipinski definition) is 8. The predicted molar refractivity (Wildman–Crippen MR) is 92.9 cm³/mol. The van der Waals surface area contributed by atoms with Crippen LogP contribution in [0, 0.1) is 17.0 Å². The molecule has 3 aromatic rings. The molecule has 0 fully saturated rings. The lowest BCUT2D eigenvalue weighted by atomic mass is 10.2. The first-order valence-electron chi connectivity index (χ1n) is 6.99. The summed E-state index contributed by atoms with van der Waals surface area (Å²) in [4.78, 5) is 27.6. The molecule has 0 radical (unpaired) electrons. The Labute approximate surface area is 144 Å². The number of methoxy groups -OCH3 is 1. The molecule has 1 N–H and O–H groups in total. The minimum atomic E-state index is -0.731. The highest BCUT2D eigenvalue weighted by atomic mass is 32.1. The molecule has 128 valence electrons. The van der Waals surface area contributed by atoms with Crippen molar-refractivity contribution in [2.24, 2.45) is 5.10 Å². The third-order valence-electron chi connectivity index (χ3n) is 3.45. The van der Waals surface area contributed by atoms with Gasteiger partial charge in [-0.15, -0.1) is 11.3 Å². The highest BCUT2D eigenvalue weighted by Gasteiger charge is 2.19. The zero-order chi connectivity index (χ0) is 18.1. The third-order valence-corrected chi connectivity index (χ3v) is 4.26. The lowest BCUT2D eigenvalue weighted by molar-refractivity contribution is -0.386. The van der Waals surface area contributed by atoms with E-state index in [4.69, 9.17) is 4.74 Å². The average molecular weight is 360 g/mol. The number of benzene rings is 1. The topological polar surface area (TPSA) is 120 Å². The van der Waals surface area contributed by atoms with Crippen LogP contribution < -0.4 is 10.3 Å². The van der Waals surface area contributed by atoms with Crippen molar-refractivity contribution in [1.82, 2.24) is 9.66 Å². The minimum absolute atomic E-state index is 0.0638. The van der Waals surface area contributed by atoms with E-state index in [1.165, 1.54) is 30.7 Å². The van der Waals surface area contributed by atoms with Crippen LogP contribution in [0.4, 0.5) is 5.69 Å². The second-order valence-corrected chi connectivity index (χ2v) is 5.90. The van der Waals surface area contributed by atoms with Gasteiger partial charge in [-0.2, -0.15) is 9.78 Å². The van der Waals surface area contributed by atoms with Crippen LogP contribution in [0.25, 0.3) is 10.2 Å². The molecule has 9 nitrogen and oxygen atoms in total. The highest BCUT2D eigenvalue weighted by Crippen LogP contribution is 2.36. The van der Waals surface area contributed by atoms with E-state index < -0.39 is 16.4 Å². The second-order valence-electron chi connectivity index (χ2n) is 5.01. The van der Waals surface area contributed by atoms with Gasteiger partial charge in [0.2, 0.25) is 5.75 Å². The molecule has 1 aromatic carbocycles. The molecule has 0 aliphatic rings. The van der Waals surface area contributed by atoms with Gasteiger partial charge in [-0.25, -0.2) is 4.98 Å². The SMILES string of the molecule is COc1cc(C=Nn2c(C)nc3sccc3c2=O)cc([N+](=O)[O-])c1O. The molecular weight excluding hydrogens is 348 g/mol. The van der Waals surface area contributed by atoms with Crippen LogP contribution in [0.15, 0.2) is 33.5 Å². The highest BCUT2D eigenvalue weighted by molar-refractivity contribution is 7.16. The fourth-order valence-corrected chi connectivity index (χ4v) is 3.05. The molecule has 2 aromatic heterocycles. The monoisotopic (exact) mass is 360 g/mol. The third kappa shape index (κ3) is 2.94. The number of nitro benzene ring substituents is 1. The minimum Gasteiger partial charge on any atom is -0.500 e. The second kappa shape index (κ2) is 6.32. The van der Waals surface area contributed by atoms with Crippen molar-refractivity contribution in [3.05, 3.63) is 55.4 Å². The fraction of sp³-hybridized carbons (Fsp3) is 0.133. The first kappa shape index (κ1) is 16.6. The zero-order valence-corrected chi connectivity index (χ0v) is 14.0. The molecule has 0 aliphatic carbocycles. The smallest absolute Gasteiger partial charge is 0.315 e. The number of rotatable bonds is 4. The molecule has 0 atom stereocenters. The molecule has 0 spiro atoms. The number of aromatic hydroxyl groups is 1.